The summed E-state index contributed by atoms with van der Waals surface area (Å²) < 4.78 is 32.0. The zero-order valence-electron chi connectivity index (χ0n) is 16.2. The predicted molar refractivity (Wildman–Crippen MR) is 102 cm³/mol. The van der Waals surface area contributed by atoms with Crippen LogP contribution in [0.4, 0.5) is 8.78 Å². The van der Waals surface area contributed by atoms with Gasteiger partial charge in [0.05, 0.1) is 6.10 Å². The van der Waals surface area contributed by atoms with Crippen LogP contribution < -0.4 is 0 Å². The number of aliphatic hydroxyl groups is 2. The van der Waals surface area contributed by atoms with Gasteiger partial charge in [-0.05, 0) is 43.3 Å². The van der Waals surface area contributed by atoms with Crippen molar-refractivity contribution in [1.82, 2.24) is 0 Å². The van der Waals surface area contributed by atoms with E-state index in [1.165, 1.54) is 19.1 Å². The Hall–Kier alpha value is -1.05. The molecule has 0 aliphatic heterocycles. The van der Waals surface area contributed by atoms with E-state index in [0.29, 0.717) is 6.42 Å². The fourth-order valence-electron chi connectivity index (χ4n) is 6.97. The Labute approximate surface area is 168 Å². The van der Waals surface area contributed by atoms with E-state index in [4.69, 9.17) is 0 Å². The first-order chi connectivity index (χ1) is 12.8. The average molecular weight is 412 g/mol. The summed E-state index contributed by atoms with van der Waals surface area (Å²) in [5.74, 6) is -2.73. The SMILES string of the molecule is C[C@@H]1C[C@H]2[C@@H]3CC(F)=C4CC(=O)C=C[C@]4(C)[C@@]3(F)[C@@H](O)C[C@]2(C)[C@@]1(O)C(=O)S. The first-order valence-corrected chi connectivity index (χ1v) is 10.2. The van der Waals surface area contributed by atoms with E-state index < -0.39 is 56.9 Å². The molecule has 2 saturated carbocycles. The van der Waals surface area contributed by atoms with Crippen LogP contribution in [0.2, 0.25) is 0 Å². The molecule has 4 aliphatic carbocycles. The Balaban J connectivity index is 1.91. The molecule has 8 atom stereocenters. The number of rotatable bonds is 1. The molecule has 0 unspecified atom stereocenters. The van der Waals surface area contributed by atoms with Crippen molar-refractivity contribution in [3.8, 4) is 0 Å². The molecule has 7 heteroatoms. The van der Waals surface area contributed by atoms with Gasteiger partial charge in [-0.25, -0.2) is 8.78 Å². The van der Waals surface area contributed by atoms with Crippen molar-refractivity contribution in [3.63, 3.8) is 0 Å². The van der Waals surface area contributed by atoms with Gasteiger partial charge in [-0.2, -0.15) is 0 Å². The molecule has 0 aromatic heterocycles. The van der Waals surface area contributed by atoms with Gasteiger partial charge in [-0.3, -0.25) is 9.59 Å². The van der Waals surface area contributed by atoms with E-state index in [1.807, 2.05) is 0 Å². The van der Waals surface area contributed by atoms with Crippen LogP contribution >= 0.6 is 12.6 Å². The number of halogens is 2. The minimum Gasteiger partial charge on any atom is -0.390 e. The predicted octanol–water partition coefficient (Wildman–Crippen LogP) is 3.09. The largest absolute Gasteiger partial charge is 0.390 e. The molecule has 0 saturated heterocycles. The molecule has 0 aromatic rings. The summed E-state index contributed by atoms with van der Waals surface area (Å²) in [5, 5.41) is 21.6. The van der Waals surface area contributed by atoms with Crippen LogP contribution in [0.15, 0.2) is 23.6 Å². The van der Waals surface area contributed by atoms with Crippen molar-refractivity contribution in [3.05, 3.63) is 23.6 Å². The molecule has 2 fully saturated rings. The molecule has 4 nitrogen and oxygen atoms in total. The van der Waals surface area contributed by atoms with Gasteiger partial charge in [0.2, 0.25) is 5.12 Å². The van der Waals surface area contributed by atoms with E-state index in [2.05, 4.69) is 12.6 Å². The summed E-state index contributed by atoms with van der Waals surface area (Å²) in [5.41, 5.74) is -6.46. The summed E-state index contributed by atoms with van der Waals surface area (Å²) in [6.45, 7) is 4.93. The second kappa shape index (κ2) is 5.76. The lowest BCUT2D eigenvalue weighted by Crippen LogP contribution is -2.69. The Kier molecular flexibility index (Phi) is 4.16. The van der Waals surface area contributed by atoms with Crippen molar-refractivity contribution in [1.29, 1.82) is 0 Å². The third-order valence-corrected chi connectivity index (χ3v) is 8.91. The van der Waals surface area contributed by atoms with Crippen molar-refractivity contribution in [2.45, 2.75) is 63.8 Å². The molecule has 0 bridgehead atoms. The number of carbonyl (C=O) groups is 2. The minimum absolute atomic E-state index is 0.105. The quantitative estimate of drug-likeness (QED) is 0.579. The van der Waals surface area contributed by atoms with Crippen LogP contribution in [0.25, 0.3) is 0 Å². The smallest absolute Gasteiger partial charge is 0.218 e. The van der Waals surface area contributed by atoms with E-state index >= 15 is 8.78 Å². The van der Waals surface area contributed by atoms with Gasteiger partial charge in [-0.15, -0.1) is 12.6 Å². The number of hydrogen-bond donors (Lipinski definition) is 3. The minimum atomic E-state index is -2.19. The number of ketones is 1. The molecule has 0 heterocycles. The lowest BCUT2D eigenvalue weighted by Gasteiger charge is -2.62. The van der Waals surface area contributed by atoms with E-state index in [1.54, 1.807) is 13.8 Å². The van der Waals surface area contributed by atoms with Crippen molar-refractivity contribution in [2.24, 2.45) is 28.6 Å². The maximum Gasteiger partial charge on any atom is 0.218 e. The maximum absolute atomic E-state index is 16.8. The number of thiol groups is 1. The zero-order chi connectivity index (χ0) is 20.9. The lowest BCUT2D eigenvalue weighted by atomic mass is 9.45. The summed E-state index contributed by atoms with van der Waals surface area (Å²) in [6, 6.07) is 0. The van der Waals surface area contributed by atoms with Gasteiger partial charge >= 0.3 is 0 Å². The van der Waals surface area contributed by atoms with Gasteiger partial charge in [0.25, 0.3) is 0 Å². The van der Waals surface area contributed by atoms with E-state index in [9.17, 15) is 19.8 Å². The summed E-state index contributed by atoms with van der Waals surface area (Å²) in [6.07, 6.45) is 0.902. The Morgan fingerprint density at radius 3 is 2.57 bits per heavy atom. The number of allylic oxidation sites excluding steroid dienone is 4. The standard InChI is InChI=1S/C21H26F2O4S/c1-10-6-12-13-8-15(22)14-7-11(24)4-5-18(14,2)20(13,23)16(25)9-19(12,3)21(10,27)17(26)28/h4-5,10,12-13,16,25,27H,6-9H2,1-3H3,(H,26,28)/t10-,12+,13+,16+,18+,19+,20+,21+/m1/s1. The normalized spacial score (nSPS) is 52.9. The van der Waals surface area contributed by atoms with Gasteiger partial charge in [0, 0.05) is 29.6 Å². The molecule has 0 amide bonds. The van der Waals surface area contributed by atoms with Gasteiger partial charge < -0.3 is 10.2 Å². The number of hydrogen-bond acceptors (Lipinski definition) is 4. The van der Waals surface area contributed by atoms with Gasteiger partial charge in [0.15, 0.2) is 11.5 Å². The van der Waals surface area contributed by atoms with Crippen LogP contribution in [0, 0.1) is 28.6 Å². The topological polar surface area (TPSA) is 74.6 Å². The number of alkyl halides is 1. The van der Waals surface area contributed by atoms with E-state index in [-0.39, 0.29) is 30.6 Å². The third-order valence-electron chi connectivity index (χ3n) is 8.57. The lowest BCUT2D eigenvalue weighted by molar-refractivity contribution is -0.213. The fourth-order valence-corrected chi connectivity index (χ4v) is 7.45. The van der Waals surface area contributed by atoms with Crippen LogP contribution in [0.3, 0.4) is 0 Å². The van der Waals surface area contributed by atoms with Crippen molar-refractivity contribution < 1.29 is 28.6 Å². The van der Waals surface area contributed by atoms with Crippen LogP contribution in [0.1, 0.15) is 46.5 Å². The Bertz CT molecular complexity index is 840. The highest BCUT2D eigenvalue weighted by molar-refractivity contribution is 7.96. The summed E-state index contributed by atoms with van der Waals surface area (Å²) >= 11 is 3.90. The maximum atomic E-state index is 16.8. The highest BCUT2D eigenvalue weighted by Crippen LogP contribution is 2.71. The monoisotopic (exact) mass is 412 g/mol. The summed E-state index contributed by atoms with van der Waals surface area (Å²) in [7, 11) is 0. The number of fused-ring (bicyclic) bond motifs is 5. The average Bonchev–Trinajstić information content (AvgIpc) is 2.81. The van der Waals surface area contributed by atoms with Crippen LogP contribution in [-0.4, -0.2) is 38.5 Å². The molecule has 154 valence electrons. The summed E-state index contributed by atoms with van der Waals surface area (Å²) in [4.78, 5) is 24.1. The third kappa shape index (κ3) is 2.03. The van der Waals surface area contributed by atoms with Crippen molar-refractivity contribution in [2.75, 3.05) is 0 Å². The second-order valence-electron chi connectivity index (χ2n) is 9.59. The highest BCUT2D eigenvalue weighted by atomic mass is 32.1. The van der Waals surface area contributed by atoms with Crippen molar-refractivity contribution >= 4 is 23.5 Å². The van der Waals surface area contributed by atoms with Crippen LogP contribution in [-0.2, 0) is 9.59 Å². The first kappa shape index (κ1) is 20.2. The van der Waals surface area contributed by atoms with Crippen LogP contribution in [0.5, 0.6) is 0 Å². The molecule has 0 spiro atoms. The van der Waals surface area contributed by atoms with Gasteiger partial charge in [-0.1, -0.05) is 19.9 Å². The molecular weight excluding hydrogens is 386 g/mol. The molecule has 28 heavy (non-hydrogen) atoms. The highest BCUT2D eigenvalue weighted by Gasteiger charge is 2.75. The molecule has 2 N–H and O–H groups in total. The Morgan fingerprint density at radius 2 is 1.96 bits per heavy atom. The molecule has 0 aromatic carbocycles. The van der Waals surface area contributed by atoms with E-state index in [0.717, 1.165) is 0 Å². The Morgan fingerprint density at radius 1 is 1.32 bits per heavy atom. The zero-order valence-corrected chi connectivity index (χ0v) is 17.1. The molecule has 0 radical (unpaired) electrons. The second-order valence-corrected chi connectivity index (χ2v) is 10.00. The molecule has 4 rings (SSSR count). The molecular formula is C21H26F2O4S. The number of carbonyl (C=O) groups excluding carboxylic acids is 2. The number of aliphatic hydroxyl groups excluding tert-OH is 1. The first-order valence-electron chi connectivity index (χ1n) is 9.76. The molecule has 4 aliphatic rings. The van der Waals surface area contributed by atoms with Gasteiger partial charge in [0.1, 0.15) is 11.4 Å². The fraction of sp³-hybridized carbons (Fsp3) is 0.714.